The van der Waals surface area contributed by atoms with Gasteiger partial charge in [0, 0.05) is 5.69 Å². The fourth-order valence-corrected chi connectivity index (χ4v) is 4.55. The second-order valence-corrected chi connectivity index (χ2v) is 8.32. The van der Waals surface area contributed by atoms with E-state index in [1.165, 1.54) is 15.9 Å². The van der Waals surface area contributed by atoms with Crippen LogP contribution in [0.3, 0.4) is 0 Å². The van der Waals surface area contributed by atoms with Gasteiger partial charge >= 0.3 is 0 Å². The average Bonchev–Trinajstić information content (AvgIpc) is 3.03. The van der Waals surface area contributed by atoms with Crippen molar-refractivity contribution in [1.82, 2.24) is 14.6 Å². The number of nitrogens with one attached hydrogen (secondary N) is 1. The Hall–Kier alpha value is -2.44. The van der Waals surface area contributed by atoms with E-state index in [1.54, 1.807) is 31.2 Å². The van der Waals surface area contributed by atoms with Crippen molar-refractivity contribution >= 4 is 32.0 Å². The van der Waals surface area contributed by atoms with Gasteiger partial charge in [0.15, 0.2) is 0 Å². The maximum absolute atomic E-state index is 12.9. The molecule has 0 unspecified atom stereocenters. The number of aryl methyl sites for hydroxylation is 1. The summed E-state index contributed by atoms with van der Waals surface area (Å²) in [6, 6.07) is 8.21. The van der Waals surface area contributed by atoms with Gasteiger partial charge < -0.3 is 0 Å². The monoisotopic (exact) mass is 361 g/mol. The highest BCUT2D eigenvalue weighted by molar-refractivity contribution is 7.92. The molecule has 0 atom stereocenters. The van der Waals surface area contributed by atoms with Gasteiger partial charge in [0.25, 0.3) is 10.0 Å². The highest BCUT2D eigenvalue weighted by Crippen LogP contribution is 2.28. The number of benzene rings is 1. The first kappa shape index (κ1) is 16.4. The van der Waals surface area contributed by atoms with E-state index in [4.69, 9.17) is 5.26 Å². The molecule has 0 saturated carbocycles. The van der Waals surface area contributed by atoms with Crippen LogP contribution in [-0.2, 0) is 10.0 Å². The largest absolute Gasteiger partial charge is 0.281 e. The topological polar surface area (TPSA) is 100 Å². The van der Waals surface area contributed by atoms with Gasteiger partial charge in [-0.05, 0) is 37.1 Å². The van der Waals surface area contributed by atoms with Crippen molar-refractivity contribution in [3.63, 3.8) is 0 Å². The minimum Gasteiger partial charge on any atom is -0.278 e. The minimum absolute atomic E-state index is 0.0567. The lowest BCUT2D eigenvalue weighted by Crippen LogP contribution is -2.17. The van der Waals surface area contributed by atoms with Crippen LogP contribution in [0.1, 0.15) is 36.0 Å². The predicted molar refractivity (Wildman–Crippen MR) is 91.7 cm³/mol. The van der Waals surface area contributed by atoms with Crippen LogP contribution in [0.15, 0.2) is 29.3 Å². The zero-order valence-electron chi connectivity index (χ0n) is 13.3. The second kappa shape index (κ2) is 5.89. The summed E-state index contributed by atoms with van der Waals surface area (Å²) in [6.07, 6.45) is 0. The first-order valence-corrected chi connectivity index (χ1v) is 9.51. The van der Waals surface area contributed by atoms with Crippen molar-refractivity contribution in [2.24, 2.45) is 0 Å². The molecule has 0 spiro atoms. The number of hydrogen-bond acceptors (Lipinski definition) is 6. The summed E-state index contributed by atoms with van der Waals surface area (Å²) in [5.41, 5.74) is 1.32. The van der Waals surface area contributed by atoms with Crippen LogP contribution in [0.2, 0.25) is 0 Å². The lowest BCUT2D eigenvalue weighted by molar-refractivity contribution is 0.589. The van der Waals surface area contributed by atoms with Crippen LogP contribution in [0.25, 0.3) is 4.96 Å². The van der Waals surface area contributed by atoms with E-state index >= 15 is 0 Å². The third-order valence-corrected chi connectivity index (χ3v) is 5.58. The number of nitriles is 1. The highest BCUT2D eigenvalue weighted by Gasteiger charge is 2.28. The third-order valence-electron chi connectivity index (χ3n) is 3.36. The zero-order valence-corrected chi connectivity index (χ0v) is 14.9. The van der Waals surface area contributed by atoms with Gasteiger partial charge in [-0.3, -0.25) is 4.72 Å². The SMILES string of the molecule is Cc1nn2c(S(=O)(=O)Nc3ccc(C#N)cc3)c(C(C)C)nc2s1. The van der Waals surface area contributed by atoms with Crippen LogP contribution in [0.5, 0.6) is 0 Å². The Labute approximate surface area is 143 Å². The third kappa shape index (κ3) is 2.86. The van der Waals surface area contributed by atoms with Gasteiger partial charge in [0.05, 0.1) is 17.3 Å². The molecule has 0 aliphatic rings. The van der Waals surface area contributed by atoms with Gasteiger partial charge in [-0.25, -0.2) is 4.98 Å². The molecule has 0 aliphatic carbocycles. The van der Waals surface area contributed by atoms with Crippen LogP contribution >= 0.6 is 11.3 Å². The number of anilines is 1. The smallest absolute Gasteiger partial charge is 0.278 e. The molecule has 2 aromatic heterocycles. The van der Waals surface area contributed by atoms with Crippen LogP contribution in [-0.4, -0.2) is 23.0 Å². The van der Waals surface area contributed by atoms with E-state index in [1.807, 2.05) is 19.9 Å². The number of imidazole rings is 1. The van der Waals surface area contributed by atoms with E-state index in [0.717, 1.165) is 5.01 Å². The van der Waals surface area contributed by atoms with Gasteiger partial charge in [0.1, 0.15) is 5.01 Å². The maximum atomic E-state index is 12.9. The highest BCUT2D eigenvalue weighted by atomic mass is 32.2. The quantitative estimate of drug-likeness (QED) is 0.770. The number of aromatic nitrogens is 3. The summed E-state index contributed by atoms with van der Waals surface area (Å²) in [5, 5.41) is 13.9. The molecule has 1 aromatic carbocycles. The van der Waals surface area contributed by atoms with Crippen molar-refractivity contribution in [3.8, 4) is 6.07 Å². The minimum atomic E-state index is -3.87. The molecule has 1 N–H and O–H groups in total. The Morgan fingerprint density at radius 1 is 1.29 bits per heavy atom. The first-order valence-electron chi connectivity index (χ1n) is 7.21. The van der Waals surface area contributed by atoms with Gasteiger partial charge in [-0.1, -0.05) is 25.2 Å². The fourth-order valence-electron chi connectivity index (χ4n) is 2.29. The molecule has 3 aromatic rings. The second-order valence-electron chi connectivity index (χ2n) is 5.57. The van der Waals surface area contributed by atoms with Crippen LogP contribution in [0.4, 0.5) is 5.69 Å². The molecular formula is C15H15N5O2S2. The van der Waals surface area contributed by atoms with Crippen molar-refractivity contribution < 1.29 is 8.42 Å². The fraction of sp³-hybridized carbons (Fsp3) is 0.267. The molecule has 2 heterocycles. The lowest BCUT2D eigenvalue weighted by atomic mass is 10.2. The maximum Gasteiger partial charge on any atom is 0.281 e. The molecule has 3 rings (SSSR count). The lowest BCUT2D eigenvalue weighted by Gasteiger charge is -2.10. The van der Waals surface area contributed by atoms with E-state index in [9.17, 15) is 8.42 Å². The summed E-state index contributed by atoms with van der Waals surface area (Å²) in [6.45, 7) is 5.58. The number of rotatable bonds is 4. The molecule has 24 heavy (non-hydrogen) atoms. The van der Waals surface area contributed by atoms with Gasteiger partial charge in [0.2, 0.25) is 9.99 Å². The molecule has 7 nitrogen and oxygen atoms in total. The van der Waals surface area contributed by atoms with Gasteiger partial charge in [-0.15, -0.1) is 0 Å². The Morgan fingerprint density at radius 3 is 2.54 bits per heavy atom. The normalized spacial score (nSPS) is 11.8. The van der Waals surface area contributed by atoms with E-state index in [-0.39, 0.29) is 10.9 Å². The Kier molecular flexibility index (Phi) is 4.03. The Morgan fingerprint density at radius 2 is 1.96 bits per heavy atom. The summed E-state index contributed by atoms with van der Waals surface area (Å²) < 4.78 is 29.7. The van der Waals surface area contributed by atoms with Crippen LogP contribution < -0.4 is 4.72 Å². The summed E-state index contributed by atoms with van der Waals surface area (Å²) in [7, 11) is -3.87. The van der Waals surface area contributed by atoms with E-state index < -0.39 is 10.0 Å². The molecule has 0 radical (unpaired) electrons. The molecule has 0 bridgehead atoms. The van der Waals surface area contributed by atoms with Crippen molar-refractivity contribution in [1.29, 1.82) is 5.26 Å². The molecular weight excluding hydrogens is 346 g/mol. The van der Waals surface area contributed by atoms with Gasteiger partial charge in [-0.2, -0.15) is 23.3 Å². The summed E-state index contributed by atoms with van der Waals surface area (Å²) >= 11 is 1.34. The molecule has 0 aliphatic heterocycles. The molecule has 0 saturated heterocycles. The van der Waals surface area contributed by atoms with E-state index in [2.05, 4.69) is 14.8 Å². The molecule has 124 valence electrons. The number of hydrogen-bond donors (Lipinski definition) is 1. The standard InChI is InChI=1S/C15H15N5O2S2/c1-9(2)13-14(20-15(17-13)23-10(3)18-20)24(21,22)19-12-6-4-11(8-16)5-7-12/h4-7,9,19H,1-3H3. The molecule has 0 amide bonds. The molecule has 0 fully saturated rings. The van der Waals surface area contributed by atoms with E-state index in [0.29, 0.717) is 21.9 Å². The summed E-state index contributed by atoms with van der Waals surface area (Å²) in [4.78, 5) is 4.98. The van der Waals surface area contributed by atoms with Crippen molar-refractivity contribution in [2.75, 3.05) is 4.72 Å². The average molecular weight is 361 g/mol. The van der Waals surface area contributed by atoms with Crippen molar-refractivity contribution in [2.45, 2.75) is 31.7 Å². The number of nitrogens with zero attached hydrogens (tertiary/aromatic N) is 4. The first-order chi connectivity index (χ1) is 11.3. The van der Waals surface area contributed by atoms with Crippen LogP contribution in [0, 0.1) is 18.3 Å². The number of sulfonamides is 1. The Bertz CT molecular complexity index is 1040. The summed E-state index contributed by atoms with van der Waals surface area (Å²) in [5.74, 6) is -0.0632. The molecule has 9 heteroatoms. The Balaban J connectivity index is 2.09. The number of fused-ring (bicyclic) bond motifs is 1. The van der Waals surface area contributed by atoms with Crippen molar-refractivity contribution in [3.05, 3.63) is 40.5 Å². The zero-order chi connectivity index (χ0) is 17.5. The predicted octanol–water partition coefficient (Wildman–Crippen LogP) is 2.90.